The van der Waals surface area contributed by atoms with Crippen molar-refractivity contribution in [2.24, 2.45) is 0 Å². The average molecular weight is 480 g/mol. The first-order valence-electron chi connectivity index (χ1n) is 10.7. The molecule has 7 heteroatoms. The van der Waals surface area contributed by atoms with Gasteiger partial charge in [-0.25, -0.2) is 5.01 Å². The van der Waals surface area contributed by atoms with E-state index in [1.807, 2.05) is 5.01 Å². The zero-order valence-corrected chi connectivity index (χ0v) is 19.1. The largest absolute Gasteiger partial charge is 0.286 e. The Balaban J connectivity index is 1.64. The number of aromatic nitrogens is 2. The summed E-state index contributed by atoms with van der Waals surface area (Å²) in [6.45, 7) is 2.65. The second-order valence-corrected chi connectivity index (χ2v) is 9.23. The highest BCUT2D eigenvalue weighted by Crippen LogP contribution is 2.37. The average Bonchev–Trinajstić information content (AvgIpc) is 3.11. The van der Waals surface area contributed by atoms with Crippen LogP contribution in [-0.4, -0.2) is 39.7 Å². The molecule has 0 atom stereocenters. The number of nitrogens with one attached hydrogen (secondary N) is 1. The van der Waals surface area contributed by atoms with Gasteiger partial charge in [0.1, 0.15) is 0 Å². The standard InChI is InChI=1S/C22H28BrClN4O/c23-17-8-10-18-16(15-17)7-9-19-20(22(29)26-27-12-4-2-5-13-27)25-28(21(18)19)14-6-1-3-11-24/h8,10,15H,1-7,9,11-14H2,(H,26,29). The molecule has 5 nitrogen and oxygen atoms in total. The van der Waals surface area contributed by atoms with Crippen LogP contribution in [0.15, 0.2) is 22.7 Å². The summed E-state index contributed by atoms with van der Waals surface area (Å²) in [6, 6.07) is 6.42. The van der Waals surface area contributed by atoms with Crippen LogP contribution in [0.1, 0.15) is 60.1 Å². The van der Waals surface area contributed by atoms with Crippen LogP contribution in [0.3, 0.4) is 0 Å². The number of hydrogen-bond donors (Lipinski definition) is 1. The first-order valence-corrected chi connectivity index (χ1v) is 12.0. The molecule has 1 aliphatic carbocycles. The molecule has 1 fully saturated rings. The fraction of sp³-hybridized carbons (Fsp3) is 0.545. The topological polar surface area (TPSA) is 50.2 Å². The van der Waals surface area contributed by atoms with E-state index in [-0.39, 0.29) is 5.91 Å². The van der Waals surface area contributed by atoms with Crippen molar-refractivity contribution in [2.45, 2.75) is 57.9 Å². The van der Waals surface area contributed by atoms with E-state index in [4.69, 9.17) is 16.7 Å². The maximum atomic E-state index is 13.1. The number of rotatable bonds is 7. The van der Waals surface area contributed by atoms with Crippen LogP contribution in [0.2, 0.25) is 0 Å². The van der Waals surface area contributed by atoms with Crippen molar-refractivity contribution >= 4 is 33.4 Å². The van der Waals surface area contributed by atoms with E-state index in [1.165, 1.54) is 17.5 Å². The molecule has 2 aliphatic rings. The zero-order valence-electron chi connectivity index (χ0n) is 16.7. The highest BCUT2D eigenvalue weighted by Gasteiger charge is 2.29. The Kier molecular flexibility index (Phi) is 6.93. The highest BCUT2D eigenvalue weighted by atomic mass is 79.9. The predicted molar refractivity (Wildman–Crippen MR) is 120 cm³/mol. The molecule has 1 aliphatic heterocycles. The molecule has 29 heavy (non-hydrogen) atoms. The number of carbonyl (C=O) groups excluding carboxylic acids is 1. The van der Waals surface area contributed by atoms with Crippen molar-refractivity contribution in [2.75, 3.05) is 19.0 Å². The lowest BCUT2D eigenvalue weighted by molar-refractivity contribution is 0.0743. The SMILES string of the molecule is O=C(NN1CCCCC1)c1nn(CCCCCCl)c2c1CCc1cc(Br)ccc1-2. The van der Waals surface area contributed by atoms with Crippen LogP contribution in [0, 0.1) is 0 Å². The van der Waals surface area contributed by atoms with E-state index in [0.29, 0.717) is 11.6 Å². The number of benzene rings is 1. The summed E-state index contributed by atoms with van der Waals surface area (Å²) in [7, 11) is 0. The van der Waals surface area contributed by atoms with Crippen molar-refractivity contribution < 1.29 is 4.79 Å². The summed E-state index contributed by atoms with van der Waals surface area (Å²) in [5.74, 6) is 0.626. The van der Waals surface area contributed by atoms with Crippen molar-refractivity contribution in [1.82, 2.24) is 20.2 Å². The number of hydrogen-bond acceptors (Lipinski definition) is 3. The van der Waals surface area contributed by atoms with E-state index in [9.17, 15) is 4.79 Å². The molecule has 0 saturated carbocycles. The molecule has 2 aromatic rings. The smallest absolute Gasteiger partial charge is 0.283 e. The molecule has 4 rings (SSSR count). The second-order valence-electron chi connectivity index (χ2n) is 7.94. The van der Waals surface area contributed by atoms with Crippen molar-refractivity contribution in [1.29, 1.82) is 0 Å². The minimum Gasteiger partial charge on any atom is -0.283 e. The zero-order chi connectivity index (χ0) is 20.2. The van der Waals surface area contributed by atoms with Gasteiger partial charge in [-0.05, 0) is 56.2 Å². The Morgan fingerprint density at radius 2 is 1.97 bits per heavy atom. The Labute approximate surface area is 185 Å². The number of amides is 1. The minimum absolute atomic E-state index is 0.0665. The molecule has 1 saturated heterocycles. The van der Waals surface area contributed by atoms with Gasteiger partial charge in [-0.1, -0.05) is 34.8 Å². The molecule has 1 N–H and O–H groups in total. The van der Waals surface area contributed by atoms with E-state index in [1.54, 1.807) is 0 Å². The molecule has 1 aromatic carbocycles. The van der Waals surface area contributed by atoms with Gasteiger partial charge in [0.25, 0.3) is 5.91 Å². The summed E-state index contributed by atoms with van der Waals surface area (Å²) < 4.78 is 3.15. The molecule has 156 valence electrons. The van der Waals surface area contributed by atoms with Crippen molar-refractivity contribution in [3.05, 3.63) is 39.5 Å². The number of hydrazine groups is 1. The maximum absolute atomic E-state index is 13.1. The van der Waals surface area contributed by atoms with Crippen LogP contribution < -0.4 is 5.43 Å². The van der Waals surface area contributed by atoms with Gasteiger partial charge in [0.05, 0.1) is 5.69 Å². The minimum atomic E-state index is -0.0665. The number of nitrogens with zero attached hydrogens (tertiary/aromatic N) is 3. The number of alkyl halides is 1. The fourth-order valence-electron chi connectivity index (χ4n) is 4.38. The Morgan fingerprint density at radius 3 is 2.76 bits per heavy atom. The summed E-state index contributed by atoms with van der Waals surface area (Å²) in [5, 5.41) is 6.86. The lowest BCUT2D eigenvalue weighted by atomic mass is 9.88. The molecular formula is C22H28BrClN4O. The number of halogens is 2. The van der Waals surface area contributed by atoms with Gasteiger partial charge < -0.3 is 0 Å². The number of piperidine rings is 1. The number of fused-ring (bicyclic) bond motifs is 3. The number of carbonyl (C=O) groups is 1. The summed E-state index contributed by atoms with van der Waals surface area (Å²) in [6.07, 6.45) is 8.39. The molecule has 1 aromatic heterocycles. The Morgan fingerprint density at radius 1 is 1.14 bits per heavy atom. The third-order valence-corrected chi connectivity index (χ3v) is 6.61. The van der Waals surface area contributed by atoms with Gasteiger partial charge in [-0.2, -0.15) is 5.10 Å². The normalized spacial score (nSPS) is 16.3. The van der Waals surface area contributed by atoms with Crippen LogP contribution in [0.4, 0.5) is 0 Å². The van der Waals surface area contributed by atoms with Crippen LogP contribution in [0.25, 0.3) is 11.3 Å². The van der Waals surface area contributed by atoms with E-state index in [0.717, 1.165) is 80.3 Å². The van der Waals surface area contributed by atoms with Gasteiger partial charge in [-0.15, -0.1) is 11.6 Å². The van der Waals surface area contributed by atoms with Crippen LogP contribution >= 0.6 is 27.5 Å². The molecule has 0 unspecified atom stereocenters. The highest BCUT2D eigenvalue weighted by molar-refractivity contribution is 9.10. The first-order chi connectivity index (χ1) is 14.2. The molecule has 2 heterocycles. The predicted octanol–water partition coefficient (Wildman–Crippen LogP) is 4.95. The summed E-state index contributed by atoms with van der Waals surface area (Å²) in [4.78, 5) is 13.1. The number of aryl methyl sites for hydroxylation is 2. The Hall–Kier alpha value is -1.37. The third-order valence-electron chi connectivity index (χ3n) is 5.85. The van der Waals surface area contributed by atoms with E-state index < -0.39 is 0 Å². The first kappa shape index (κ1) is 20.9. The van der Waals surface area contributed by atoms with Gasteiger partial charge in [-0.3, -0.25) is 14.9 Å². The maximum Gasteiger partial charge on any atom is 0.286 e. The van der Waals surface area contributed by atoms with Crippen molar-refractivity contribution in [3.8, 4) is 11.3 Å². The van der Waals surface area contributed by atoms with Gasteiger partial charge in [0.2, 0.25) is 0 Å². The molecule has 0 spiro atoms. The van der Waals surface area contributed by atoms with Gasteiger partial charge >= 0.3 is 0 Å². The number of unbranched alkanes of at least 4 members (excludes halogenated alkanes) is 2. The van der Waals surface area contributed by atoms with Crippen molar-refractivity contribution in [3.63, 3.8) is 0 Å². The Bertz CT molecular complexity index is 876. The molecule has 0 radical (unpaired) electrons. The van der Waals surface area contributed by atoms with Crippen LogP contribution in [0.5, 0.6) is 0 Å². The fourth-order valence-corrected chi connectivity index (χ4v) is 4.97. The van der Waals surface area contributed by atoms with Gasteiger partial charge in [0, 0.05) is 41.1 Å². The summed E-state index contributed by atoms with van der Waals surface area (Å²) >= 11 is 9.42. The van der Waals surface area contributed by atoms with Gasteiger partial charge in [0.15, 0.2) is 5.69 Å². The van der Waals surface area contributed by atoms with E-state index >= 15 is 0 Å². The summed E-state index contributed by atoms with van der Waals surface area (Å²) in [5.41, 5.74) is 8.43. The van der Waals surface area contributed by atoms with E-state index in [2.05, 4.69) is 44.2 Å². The lowest BCUT2D eigenvalue weighted by Crippen LogP contribution is -2.45. The lowest BCUT2D eigenvalue weighted by Gasteiger charge is -2.26. The second kappa shape index (κ2) is 9.63. The third kappa shape index (κ3) is 4.70. The monoisotopic (exact) mass is 478 g/mol. The molecule has 0 bridgehead atoms. The van der Waals surface area contributed by atoms with Crippen LogP contribution in [-0.2, 0) is 19.4 Å². The quantitative estimate of drug-likeness (QED) is 0.451. The molecule has 1 amide bonds. The molecular weight excluding hydrogens is 452 g/mol.